The van der Waals surface area contributed by atoms with Crippen LogP contribution in [0.25, 0.3) is 0 Å². The first-order valence-corrected chi connectivity index (χ1v) is 6.68. The van der Waals surface area contributed by atoms with Gasteiger partial charge in [0.05, 0.1) is 12.6 Å². The normalized spacial score (nSPS) is 18.6. The van der Waals surface area contributed by atoms with Crippen molar-refractivity contribution in [2.45, 2.75) is 31.6 Å². The van der Waals surface area contributed by atoms with Gasteiger partial charge in [-0.1, -0.05) is 0 Å². The number of hydrogen-bond donors (Lipinski definition) is 3. The molecule has 1 fully saturated rings. The van der Waals surface area contributed by atoms with Gasteiger partial charge < -0.3 is 9.79 Å². The van der Waals surface area contributed by atoms with E-state index in [2.05, 4.69) is 0 Å². The zero-order valence-corrected chi connectivity index (χ0v) is 10.2. The second-order valence-corrected chi connectivity index (χ2v) is 6.03. The number of hydroxylamine groups is 2. The Hall–Kier alpha value is -0.460. The molecule has 1 aliphatic carbocycles. The van der Waals surface area contributed by atoms with Crippen LogP contribution in [0.2, 0.25) is 0 Å². The van der Waals surface area contributed by atoms with Gasteiger partial charge in [0.15, 0.2) is 0 Å². The second-order valence-electron chi connectivity index (χ2n) is 4.11. The van der Waals surface area contributed by atoms with Crippen LogP contribution in [0.5, 0.6) is 0 Å². The van der Waals surface area contributed by atoms with Crippen LogP contribution in [0, 0.1) is 0 Å². The van der Waals surface area contributed by atoms with E-state index in [0.29, 0.717) is 5.06 Å². The smallest absolute Gasteiger partial charge is 0.323 e. The van der Waals surface area contributed by atoms with Crippen LogP contribution in [0.15, 0.2) is 0 Å². The molecule has 0 radical (unpaired) electrons. The first-order valence-electron chi connectivity index (χ1n) is 5.00. The fourth-order valence-corrected chi connectivity index (χ4v) is 1.79. The van der Waals surface area contributed by atoms with Crippen molar-refractivity contribution in [3.8, 4) is 0 Å². The zero-order chi connectivity index (χ0) is 12.5. The zero-order valence-electron chi connectivity index (χ0n) is 9.28. The number of nitrogens with zero attached hydrogens (tertiary/aromatic N) is 2. The summed E-state index contributed by atoms with van der Waals surface area (Å²) in [7, 11) is -2.80. The standard InChI is InChI=1S/C8H17N2O5P/c1-6(16(13,14)15)9(2)5-8(11)10(12)7-3-4-7/h6-7,12H,3-5H2,1-2H3,(H2,13,14,15). The summed E-state index contributed by atoms with van der Waals surface area (Å²) in [5.41, 5.74) is 0. The highest BCUT2D eigenvalue weighted by atomic mass is 31.2. The van der Waals surface area contributed by atoms with Gasteiger partial charge in [0.2, 0.25) is 0 Å². The Bertz CT molecular complexity index is 314. The largest absolute Gasteiger partial charge is 0.342 e. The Labute approximate surface area is 93.8 Å². The van der Waals surface area contributed by atoms with Crippen LogP contribution >= 0.6 is 7.60 Å². The summed E-state index contributed by atoms with van der Waals surface area (Å²) < 4.78 is 10.9. The van der Waals surface area contributed by atoms with Gasteiger partial charge in [0, 0.05) is 0 Å². The van der Waals surface area contributed by atoms with Crippen LogP contribution in [-0.2, 0) is 9.36 Å². The summed E-state index contributed by atoms with van der Waals surface area (Å²) in [5, 5.41) is 10.0. The van der Waals surface area contributed by atoms with E-state index in [-0.39, 0.29) is 12.6 Å². The number of carbonyl (C=O) groups is 1. The molecule has 1 aliphatic rings. The summed E-state index contributed by atoms with van der Waals surface area (Å²) in [6.07, 6.45) is 1.56. The van der Waals surface area contributed by atoms with Crippen molar-refractivity contribution in [2.75, 3.05) is 13.6 Å². The highest BCUT2D eigenvalue weighted by molar-refractivity contribution is 7.52. The summed E-state index contributed by atoms with van der Waals surface area (Å²) in [5.74, 6) is -1.57. The monoisotopic (exact) mass is 252 g/mol. The molecule has 0 aromatic carbocycles. The summed E-state index contributed by atoms with van der Waals surface area (Å²) in [6.45, 7) is 1.13. The Morgan fingerprint density at radius 3 is 2.38 bits per heavy atom. The minimum absolute atomic E-state index is 0.119. The van der Waals surface area contributed by atoms with E-state index in [1.807, 2.05) is 0 Å². The van der Waals surface area contributed by atoms with Crippen molar-refractivity contribution in [3.63, 3.8) is 0 Å². The maximum Gasteiger partial charge on any atom is 0.342 e. The average molecular weight is 252 g/mol. The predicted molar refractivity (Wildman–Crippen MR) is 55.8 cm³/mol. The van der Waals surface area contributed by atoms with Gasteiger partial charge in [-0.3, -0.25) is 19.5 Å². The first-order chi connectivity index (χ1) is 7.23. The summed E-state index contributed by atoms with van der Waals surface area (Å²) >= 11 is 0. The number of carbonyl (C=O) groups excluding carboxylic acids is 1. The molecule has 0 aromatic rings. The molecule has 16 heavy (non-hydrogen) atoms. The third-order valence-electron chi connectivity index (χ3n) is 2.66. The van der Waals surface area contributed by atoms with Crippen molar-refractivity contribution in [1.82, 2.24) is 9.96 Å². The van der Waals surface area contributed by atoms with E-state index >= 15 is 0 Å². The molecular weight excluding hydrogens is 235 g/mol. The molecule has 3 N–H and O–H groups in total. The molecule has 1 rings (SSSR count). The Balaban J connectivity index is 2.47. The van der Waals surface area contributed by atoms with Crippen LogP contribution in [0.4, 0.5) is 0 Å². The lowest BCUT2D eigenvalue weighted by atomic mass is 10.4. The summed E-state index contributed by atoms with van der Waals surface area (Å²) in [4.78, 5) is 30.5. The number of likely N-dealkylation sites (N-methyl/N-ethyl adjacent to an activating group) is 1. The molecule has 0 saturated heterocycles. The minimum Gasteiger partial charge on any atom is -0.323 e. The van der Waals surface area contributed by atoms with Crippen LogP contribution in [-0.4, -0.2) is 56.3 Å². The molecule has 0 bridgehead atoms. The van der Waals surface area contributed by atoms with Gasteiger partial charge >= 0.3 is 7.60 Å². The van der Waals surface area contributed by atoms with Crippen molar-refractivity contribution in [3.05, 3.63) is 0 Å². The third-order valence-corrected chi connectivity index (χ3v) is 4.03. The molecule has 1 atom stereocenters. The molecule has 0 aliphatic heterocycles. The lowest BCUT2D eigenvalue weighted by Crippen LogP contribution is -2.41. The quantitative estimate of drug-likeness (QED) is 0.356. The maximum absolute atomic E-state index is 11.4. The van der Waals surface area contributed by atoms with Crippen LogP contribution in [0.1, 0.15) is 19.8 Å². The van der Waals surface area contributed by atoms with E-state index < -0.39 is 19.3 Å². The van der Waals surface area contributed by atoms with Crippen molar-refractivity contribution < 1.29 is 24.4 Å². The topological polar surface area (TPSA) is 101 Å². The maximum atomic E-state index is 11.4. The van der Waals surface area contributed by atoms with Gasteiger partial charge in [-0.25, -0.2) is 5.06 Å². The highest BCUT2D eigenvalue weighted by Gasteiger charge is 2.34. The number of hydrogen-bond acceptors (Lipinski definition) is 4. The molecule has 0 aromatic heterocycles. The van der Waals surface area contributed by atoms with Gasteiger partial charge in [0.25, 0.3) is 5.91 Å². The van der Waals surface area contributed by atoms with Gasteiger partial charge in [-0.05, 0) is 26.8 Å². The predicted octanol–water partition coefficient (Wildman–Crippen LogP) is -0.178. The highest BCUT2D eigenvalue weighted by Crippen LogP contribution is 2.42. The molecule has 7 nitrogen and oxygen atoms in total. The Morgan fingerprint density at radius 2 is 2.00 bits per heavy atom. The van der Waals surface area contributed by atoms with Gasteiger partial charge in [-0.15, -0.1) is 0 Å². The first kappa shape index (κ1) is 13.6. The fourth-order valence-electron chi connectivity index (χ4n) is 1.20. The van der Waals surface area contributed by atoms with Crippen molar-refractivity contribution in [2.24, 2.45) is 0 Å². The molecule has 0 spiro atoms. The average Bonchev–Trinajstić information content (AvgIpc) is 2.96. The number of rotatable bonds is 5. The lowest BCUT2D eigenvalue weighted by molar-refractivity contribution is -0.168. The second kappa shape index (κ2) is 4.81. The van der Waals surface area contributed by atoms with E-state index in [4.69, 9.17) is 9.79 Å². The fraction of sp³-hybridized carbons (Fsp3) is 0.875. The molecule has 8 heteroatoms. The molecular formula is C8H17N2O5P. The molecule has 1 amide bonds. The Kier molecular flexibility index (Phi) is 4.09. The van der Waals surface area contributed by atoms with E-state index in [1.54, 1.807) is 0 Å². The SMILES string of the molecule is CC(N(C)CC(=O)N(O)C1CC1)P(=O)(O)O. The minimum atomic E-state index is -4.23. The molecule has 1 saturated carbocycles. The lowest BCUT2D eigenvalue weighted by Gasteiger charge is -2.26. The van der Waals surface area contributed by atoms with E-state index in [9.17, 15) is 14.6 Å². The molecule has 0 heterocycles. The number of amides is 1. The summed E-state index contributed by atoms with van der Waals surface area (Å²) in [6, 6.07) is -0.119. The Morgan fingerprint density at radius 1 is 1.50 bits per heavy atom. The van der Waals surface area contributed by atoms with Crippen molar-refractivity contribution in [1.29, 1.82) is 0 Å². The van der Waals surface area contributed by atoms with Gasteiger partial charge in [0.1, 0.15) is 5.78 Å². The van der Waals surface area contributed by atoms with E-state index in [1.165, 1.54) is 18.9 Å². The third kappa shape index (κ3) is 3.54. The van der Waals surface area contributed by atoms with E-state index in [0.717, 1.165) is 12.8 Å². The van der Waals surface area contributed by atoms with Crippen LogP contribution < -0.4 is 0 Å². The van der Waals surface area contributed by atoms with Gasteiger partial charge in [-0.2, -0.15) is 0 Å². The molecule has 94 valence electrons. The van der Waals surface area contributed by atoms with Crippen LogP contribution in [0.3, 0.4) is 0 Å². The molecule has 1 unspecified atom stereocenters. The van der Waals surface area contributed by atoms with Crippen molar-refractivity contribution >= 4 is 13.5 Å².